The van der Waals surface area contributed by atoms with Gasteiger partial charge >= 0.3 is 11.9 Å². The molecule has 0 radical (unpaired) electrons. The van der Waals surface area contributed by atoms with Gasteiger partial charge in [0.05, 0.1) is 17.8 Å². The van der Waals surface area contributed by atoms with Crippen molar-refractivity contribution in [2.75, 3.05) is 6.61 Å². The summed E-state index contributed by atoms with van der Waals surface area (Å²) in [4.78, 5) is 37.3. The first-order chi connectivity index (χ1) is 10.6. The Kier molecular flexibility index (Phi) is 12.4. The van der Waals surface area contributed by atoms with Gasteiger partial charge in [0.2, 0.25) is 0 Å². The van der Waals surface area contributed by atoms with Gasteiger partial charge in [0.1, 0.15) is 0 Å². The fourth-order valence-corrected chi connectivity index (χ4v) is 1.86. The molecule has 0 amide bonds. The van der Waals surface area contributed by atoms with Crippen molar-refractivity contribution in [2.24, 2.45) is 0 Å². The third-order valence-corrected chi connectivity index (χ3v) is 3.22. The summed E-state index contributed by atoms with van der Waals surface area (Å²) in [6, 6.07) is 0. The molecule has 0 saturated carbocycles. The maximum atomic E-state index is 12.1. The van der Waals surface area contributed by atoms with Crippen LogP contribution in [0.25, 0.3) is 0 Å². The van der Waals surface area contributed by atoms with Crippen LogP contribution in [0.3, 0.4) is 0 Å². The highest BCUT2D eigenvalue weighted by Gasteiger charge is 2.23. The molecule has 0 saturated heterocycles. The molecule has 0 spiro atoms. The van der Waals surface area contributed by atoms with Crippen LogP contribution >= 0.6 is 0 Å². The Balaban J connectivity index is 5.08. The second kappa shape index (κ2) is 13.3. The number of hydrogen-bond acceptors (Lipinski definition) is 6. The van der Waals surface area contributed by atoms with Crippen molar-refractivity contribution in [2.45, 2.75) is 72.1 Å². The van der Waals surface area contributed by atoms with Crippen molar-refractivity contribution in [1.29, 1.82) is 0 Å². The Labute approximate surface area is 132 Å². The van der Waals surface area contributed by atoms with E-state index in [0.717, 1.165) is 32.1 Å². The Morgan fingerprint density at radius 2 is 1.32 bits per heavy atom. The maximum absolute atomic E-state index is 12.1. The molecule has 0 bridgehead atoms. The zero-order valence-electron chi connectivity index (χ0n) is 13.9. The standard InChI is InChI=1S/C16H28O6/c1-4-7-10-13(15(17)21-19)14(11-8-5-2)16(18)22-20-12-9-6-3/h19H,4-12H2,1-3H3/b14-13-. The SMILES string of the molecule is CCCCOOC(=O)/C(CCCC)=C(/CCCC)C(=O)OO. The molecule has 1 N–H and O–H groups in total. The summed E-state index contributed by atoms with van der Waals surface area (Å²) in [6.45, 7) is 6.27. The van der Waals surface area contributed by atoms with Crippen molar-refractivity contribution in [1.82, 2.24) is 0 Å². The summed E-state index contributed by atoms with van der Waals surface area (Å²) in [5, 5.41) is 8.64. The third-order valence-electron chi connectivity index (χ3n) is 3.22. The van der Waals surface area contributed by atoms with Gasteiger partial charge in [-0.1, -0.05) is 40.0 Å². The van der Waals surface area contributed by atoms with Crippen molar-refractivity contribution >= 4 is 11.9 Å². The van der Waals surface area contributed by atoms with E-state index in [4.69, 9.17) is 15.0 Å². The molecule has 0 heterocycles. The van der Waals surface area contributed by atoms with Gasteiger partial charge in [0.15, 0.2) is 0 Å². The van der Waals surface area contributed by atoms with Crippen molar-refractivity contribution in [3.63, 3.8) is 0 Å². The summed E-state index contributed by atoms with van der Waals surface area (Å²) in [6.07, 6.45) is 5.61. The highest BCUT2D eigenvalue weighted by atomic mass is 17.2. The van der Waals surface area contributed by atoms with E-state index in [9.17, 15) is 9.59 Å². The van der Waals surface area contributed by atoms with E-state index in [0.29, 0.717) is 25.9 Å². The Morgan fingerprint density at radius 3 is 1.77 bits per heavy atom. The fourth-order valence-electron chi connectivity index (χ4n) is 1.86. The zero-order valence-corrected chi connectivity index (χ0v) is 13.9. The molecule has 22 heavy (non-hydrogen) atoms. The molecule has 0 unspecified atom stereocenters. The van der Waals surface area contributed by atoms with E-state index in [-0.39, 0.29) is 11.1 Å². The molecule has 0 rings (SSSR count). The van der Waals surface area contributed by atoms with Crippen molar-refractivity contribution in [3.05, 3.63) is 11.1 Å². The van der Waals surface area contributed by atoms with E-state index in [1.54, 1.807) is 0 Å². The molecule has 0 fully saturated rings. The monoisotopic (exact) mass is 316 g/mol. The van der Waals surface area contributed by atoms with Crippen molar-refractivity contribution < 1.29 is 29.5 Å². The van der Waals surface area contributed by atoms with Crippen LogP contribution in [0.1, 0.15) is 72.1 Å². The molecule has 6 heteroatoms. The summed E-state index contributed by atoms with van der Waals surface area (Å²) in [5.74, 6) is -1.58. The van der Waals surface area contributed by atoms with Gasteiger partial charge in [-0.2, -0.15) is 10.1 Å². The average Bonchev–Trinajstić information content (AvgIpc) is 2.53. The predicted octanol–water partition coefficient (Wildman–Crippen LogP) is 3.95. The molecule has 128 valence electrons. The Hall–Kier alpha value is -1.40. The highest BCUT2D eigenvalue weighted by molar-refractivity contribution is 5.99. The minimum Gasteiger partial charge on any atom is -0.296 e. The molecule has 0 aliphatic rings. The minimum atomic E-state index is -0.898. The first-order valence-corrected chi connectivity index (χ1v) is 8.03. The molecule has 0 aliphatic carbocycles. The minimum absolute atomic E-state index is 0.168. The molecule has 0 aromatic carbocycles. The lowest BCUT2D eigenvalue weighted by atomic mass is 9.98. The van der Waals surface area contributed by atoms with E-state index in [1.807, 2.05) is 20.8 Å². The third kappa shape index (κ3) is 8.14. The number of carbonyl (C=O) groups excluding carboxylic acids is 2. The van der Waals surface area contributed by atoms with Gasteiger partial charge in [-0.05, 0) is 32.1 Å². The molecule has 0 aliphatic heterocycles. The van der Waals surface area contributed by atoms with Crippen LogP contribution < -0.4 is 0 Å². The Bertz CT molecular complexity index is 362. The van der Waals surface area contributed by atoms with E-state index < -0.39 is 11.9 Å². The fraction of sp³-hybridized carbons (Fsp3) is 0.750. The van der Waals surface area contributed by atoms with Gasteiger partial charge in [-0.3, -0.25) is 9.78 Å². The van der Waals surface area contributed by atoms with Gasteiger partial charge in [0.25, 0.3) is 0 Å². The molecular formula is C16H28O6. The van der Waals surface area contributed by atoms with Gasteiger partial charge in [-0.15, -0.1) is 0 Å². The van der Waals surface area contributed by atoms with E-state index in [1.165, 1.54) is 0 Å². The van der Waals surface area contributed by atoms with Crippen LogP contribution in [-0.4, -0.2) is 23.8 Å². The molecule has 0 aromatic rings. The normalized spacial score (nSPS) is 11.8. The summed E-state index contributed by atoms with van der Waals surface area (Å²) >= 11 is 0. The average molecular weight is 316 g/mol. The predicted molar refractivity (Wildman–Crippen MR) is 81.7 cm³/mol. The highest BCUT2D eigenvalue weighted by Crippen LogP contribution is 2.21. The number of unbranched alkanes of at least 4 members (excludes halogenated alkanes) is 3. The van der Waals surface area contributed by atoms with Crippen LogP contribution in [0.4, 0.5) is 0 Å². The van der Waals surface area contributed by atoms with Crippen LogP contribution in [0.15, 0.2) is 11.1 Å². The molecule has 0 atom stereocenters. The smallest absolute Gasteiger partial charge is 0.296 e. The van der Waals surface area contributed by atoms with Crippen LogP contribution in [0, 0.1) is 0 Å². The summed E-state index contributed by atoms with van der Waals surface area (Å²) in [5.41, 5.74) is 0.396. The first-order valence-electron chi connectivity index (χ1n) is 8.03. The molecular weight excluding hydrogens is 288 g/mol. The lowest BCUT2D eigenvalue weighted by molar-refractivity contribution is -0.269. The second-order valence-corrected chi connectivity index (χ2v) is 5.09. The first kappa shape index (κ1) is 20.6. The lowest BCUT2D eigenvalue weighted by Crippen LogP contribution is -2.17. The van der Waals surface area contributed by atoms with Crippen LogP contribution in [0.5, 0.6) is 0 Å². The molecule has 0 aromatic heterocycles. The quantitative estimate of drug-likeness (QED) is 0.254. The zero-order chi connectivity index (χ0) is 16.8. The van der Waals surface area contributed by atoms with Crippen LogP contribution in [-0.2, 0) is 24.3 Å². The Morgan fingerprint density at radius 1 is 0.818 bits per heavy atom. The van der Waals surface area contributed by atoms with Crippen LogP contribution in [0.2, 0.25) is 0 Å². The maximum Gasteiger partial charge on any atom is 0.369 e. The van der Waals surface area contributed by atoms with Gasteiger partial charge in [-0.25, -0.2) is 9.59 Å². The largest absolute Gasteiger partial charge is 0.369 e. The summed E-state index contributed by atoms with van der Waals surface area (Å²) in [7, 11) is 0. The van der Waals surface area contributed by atoms with Crippen molar-refractivity contribution in [3.8, 4) is 0 Å². The van der Waals surface area contributed by atoms with Gasteiger partial charge in [0, 0.05) is 0 Å². The summed E-state index contributed by atoms with van der Waals surface area (Å²) < 4.78 is 0. The topological polar surface area (TPSA) is 82.1 Å². The number of rotatable bonds is 12. The van der Waals surface area contributed by atoms with E-state index >= 15 is 0 Å². The number of carbonyl (C=O) groups is 2. The molecule has 6 nitrogen and oxygen atoms in total. The van der Waals surface area contributed by atoms with E-state index in [2.05, 4.69) is 4.89 Å². The van der Waals surface area contributed by atoms with Gasteiger partial charge < -0.3 is 0 Å². The lowest BCUT2D eigenvalue weighted by Gasteiger charge is -2.12. The number of hydrogen-bond donors (Lipinski definition) is 1. The second-order valence-electron chi connectivity index (χ2n) is 5.09.